The second-order valence-electron chi connectivity index (χ2n) is 7.70. The molecule has 1 aliphatic rings. The van der Waals surface area contributed by atoms with Crippen LogP contribution in [-0.2, 0) is 0 Å². The molecule has 3 aromatic rings. The standard InChI is InChI=1S/C24H16N4O9/c1-37-17-5-2-4-15(12-17)20(29)13-25(22(30)14-8-10-16(11-9-14)27(33)34)26-23(31)18-6-3-7-19(28(35)36)21(18)24(26)32/h2-12H,13H2,1H3. The Labute approximate surface area is 207 Å². The maximum absolute atomic E-state index is 13.5. The number of hydrogen-bond acceptors (Lipinski definition) is 9. The van der Waals surface area contributed by atoms with E-state index in [0.717, 1.165) is 30.3 Å². The van der Waals surface area contributed by atoms with E-state index in [1.807, 2.05) is 0 Å². The summed E-state index contributed by atoms with van der Waals surface area (Å²) in [4.78, 5) is 74.0. The third kappa shape index (κ3) is 4.48. The molecule has 0 saturated carbocycles. The molecule has 1 aliphatic heterocycles. The number of rotatable bonds is 8. The molecule has 0 spiro atoms. The Balaban J connectivity index is 1.78. The number of methoxy groups -OCH3 is 1. The first-order valence-electron chi connectivity index (χ1n) is 10.5. The van der Waals surface area contributed by atoms with E-state index in [4.69, 9.17) is 4.74 Å². The van der Waals surface area contributed by atoms with E-state index in [1.54, 1.807) is 6.07 Å². The van der Waals surface area contributed by atoms with Crippen molar-refractivity contribution in [1.29, 1.82) is 0 Å². The van der Waals surface area contributed by atoms with E-state index in [1.165, 1.54) is 37.4 Å². The van der Waals surface area contributed by atoms with Gasteiger partial charge >= 0.3 is 0 Å². The molecule has 186 valence electrons. The van der Waals surface area contributed by atoms with Crippen molar-refractivity contribution < 1.29 is 33.8 Å². The number of carbonyl (C=O) groups excluding carboxylic acids is 4. The second-order valence-corrected chi connectivity index (χ2v) is 7.70. The smallest absolute Gasteiger partial charge is 0.287 e. The minimum Gasteiger partial charge on any atom is -0.497 e. The predicted molar refractivity (Wildman–Crippen MR) is 125 cm³/mol. The molecule has 0 fully saturated rings. The maximum Gasteiger partial charge on any atom is 0.287 e. The fourth-order valence-electron chi connectivity index (χ4n) is 3.76. The van der Waals surface area contributed by atoms with Gasteiger partial charge in [-0.25, -0.2) is 5.01 Å². The Bertz CT molecular complexity index is 1480. The molecule has 3 aromatic carbocycles. The number of ether oxygens (including phenoxy) is 1. The van der Waals surface area contributed by atoms with E-state index in [2.05, 4.69) is 0 Å². The Kier molecular flexibility index (Phi) is 6.43. The summed E-state index contributed by atoms with van der Waals surface area (Å²) in [6.07, 6.45) is 0. The van der Waals surface area contributed by atoms with Crippen LogP contribution < -0.4 is 4.74 Å². The molecule has 0 aliphatic carbocycles. The molecule has 4 rings (SSSR count). The van der Waals surface area contributed by atoms with Crippen LogP contribution in [0.3, 0.4) is 0 Å². The molecule has 13 nitrogen and oxygen atoms in total. The molecule has 37 heavy (non-hydrogen) atoms. The number of carbonyl (C=O) groups is 4. The van der Waals surface area contributed by atoms with Crippen molar-refractivity contribution in [3.05, 3.63) is 109 Å². The number of nitrogens with zero attached hydrogens (tertiary/aromatic N) is 4. The number of ketones is 1. The molecule has 0 atom stereocenters. The van der Waals surface area contributed by atoms with Crippen molar-refractivity contribution in [1.82, 2.24) is 10.0 Å². The lowest BCUT2D eigenvalue weighted by Gasteiger charge is -2.29. The largest absolute Gasteiger partial charge is 0.497 e. The number of amides is 3. The first-order chi connectivity index (χ1) is 17.6. The fraction of sp³-hybridized carbons (Fsp3) is 0.0833. The van der Waals surface area contributed by atoms with Crippen LogP contribution in [0.4, 0.5) is 11.4 Å². The quantitative estimate of drug-likeness (QED) is 0.193. The normalized spacial score (nSPS) is 12.2. The number of benzene rings is 3. The first-order valence-corrected chi connectivity index (χ1v) is 10.5. The lowest BCUT2D eigenvalue weighted by molar-refractivity contribution is -0.385. The minimum absolute atomic E-state index is 0.100. The Morgan fingerprint density at radius 3 is 2.19 bits per heavy atom. The topological polar surface area (TPSA) is 170 Å². The highest BCUT2D eigenvalue weighted by atomic mass is 16.6. The van der Waals surface area contributed by atoms with Gasteiger partial charge in [0.1, 0.15) is 17.9 Å². The van der Waals surface area contributed by atoms with Crippen LogP contribution in [0.25, 0.3) is 0 Å². The van der Waals surface area contributed by atoms with Gasteiger partial charge in [0.25, 0.3) is 29.1 Å². The highest BCUT2D eigenvalue weighted by Crippen LogP contribution is 2.32. The van der Waals surface area contributed by atoms with Crippen molar-refractivity contribution in [3.63, 3.8) is 0 Å². The third-order valence-corrected chi connectivity index (χ3v) is 5.55. The highest BCUT2D eigenvalue weighted by Gasteiger charge is 2.46. The van der Waals surface area contributed by atoms with Crippen molar-refractivity contribution >= 4 is 34.9 Å². The summed E-state index contributed by atoms with van der Waals surface area (Å²) in [5.41, 5.74) is -1.85. The van der Waals surface area contributed by atoms with Crippen molar-refractivity contribution in [2.45, 2.75) is 0 Å². The zero-order chi connectivity index (χ0) is 26.9. The van der Waals surface area contributed by atoms with Gasteiger partial charge in [0.15, 0.2) is 5.78 Å². The number of imide groups is 1. The zero-order valence-corrected chi connectivity index (χ0v) is 19.0. The van der Waals surface area contributed by atoms with E-state index < -0.39 is 51.1 Å². The Hall–Kier alpha value is -5.46. The van der Waals surface area contributed by atoms with Crippen molar-refractivity contribution in [3.8, 4) is 5.75 Å². The van der Waals surface area contributed by atoms with Crippen molar-refractivity contribution in [2.24, 2.45) is 0 Å². The highest BCUT2D eigenvalue weighted by molar-refractivity contribution is 6.24. The van der Waals surface area contributed by atoms with Gasteiger partial charge in [-0.1, -0.05) is 18.2 Å². The number of hydrazine groups is 1. The van der Waals surface area contributed by atoms with Crippen LogP contribution in [0.1, 0.15) is 41.4 Å². The van der Waals surface area contributed by atoms with Crippen LogP contribution in [0.15, 0.2) is 66.7 Å². The van der Waals surface area contributed by atoms with Crippen LogP contribution in [-0.4, -0.2) is 57.0 Å². The molecule has 3 amide bonds. The summed E-state index contributed by atoms with van der Waals surface area (Å²) in [6.45, 7) is -0.803. The monoisotopic (exact) mass is 504 g/mol. The summed E-state index contributed by atoms with van der Waals surface area (Å²) in [5.74, 6) is -3.56. The van der Waals surface area contributed by atoms with Gasteiger partial charge in [0.05, 0.1) is 22.5 Å². The first kappa shape index (κ1) is 24.7. The molecule has 0 N–H and O–H groups in total. The predicted octanol–water partition coefficient (Wildman–Crippen LogP) is 3.05. The summed E-state index contributed by atoms with van der Waals surface area (Å²) in [7, 11) is 1.39. The number of fused-ring (bicyclic) bond motifs is 1. The molecule has 0 unspecified atom stereocenters. The molecule has 0 bridgehead atoms. The molecular formula is C24H16N4O9. The number of nitro benzene ring substituents is 2. The SMILES string of the molecule is COc1cccc(C(=O)CN(C(=O)c2ccc([N+](=O)[O-])cc2)N2C(=O)c3cccc([N+](=O)[O-])c3C2=O)c1. The maximum atomic E-state index is 13.5. The van der Waals surface area contributed by atoms with Crippen LogP contribution >= 0.6 is 0 Å². The van der Waals surface area contributed by atoms with Gasteiger partial charge in [-0.05, 0) is 30.3 Å². The van der Waals surface area contributed by atoms with Crippen LogP contribution in [0.5, 0.6) is 5.75 Å². The van der Waals surface area contributed by atoms with Gasteiger partial charge in [-0.3, -0.25) is 39.4 Å². The lowest BCUT2D eigenvalue weighted by Crippen LogP contribution is -2.51. The van der Waals surface area contributed by atoms with E-state index >= 15 is 0 Å². The number of nitro groups is 2. The number of non-ortho nitro benzene ring substituents is 1. The molecule has 0 aromatic heterocycles. The van der Waals surface area contributed by atoms with Gasteiger partial charge in [-0.2, -0.15) is 5.01 Å². The summed E-state index contributed by atoms with van der Waals surface area (Å²) < 4.78 is 5.10. The third-order valence-electron chi connectivity index (χ3n) is 5.55. The Morgan fingerprint density at radius 1 is 0.892 bits per heavy atom. The average Bonchev–Trinajstić information content (AvgIpc) is 3.16. The lowest BCUT2D eigenvalue weighted by atomic mass is 10.1. The van der Waals surface area contributed by atoms with E-state index in [9.17, 15) is 39.4 Å². The minimum atomic E-state index is -1.17. The molecular weight excluding hydrogens is 488 g/mol. The summed E-state index contributed by atoms with van der Waals surface area (Å²) in [6, 6.07) is 13.7. The number of hydrogen-bond donors (Lipinski definition) is 0. The van der Waals surface area contributed by atoms with Gasteiger partial charge in [-0.15, -0.1) is 0 Å². The van der Waals surface area contributed by atoms with Crippen molar-refractivity contribution in [2.75, 3.05) is 13.7 Å². The average molecular weight is 504 g/mol. The zero-order valence-electron chi connectivity index (χ0n) is 19.0. The molecule has 13 heteroatoms. The van der Waals surface area contributed by atoms with Crippen LogP contribution in [0.2, 0.25) is 0 Å². The number of Topliss-reactive ketones (excluding diaryl/α,β-unsaturated/α-hetero) is 1. The van der Waals surface area contributed by atoms with E-state index in [-0.39, 0.29) is 22.4 Å². The summed E-state index contributed by atoms with van der Waals surface area (Å²) in [5, 5.41) is 23.4. The van der Waals surface area contributed by atoms with E-state index in [0.29, 0.717) is 15.8 Å². The Morgan fingerprint density at radius 2 is 1.57 bits per heavy atom. The van der Waals surface area contributed by atoms with Gasteiger partial charge in [0.2, 0.25) is 0 Å². The molecule has 0 radical (unpaired) electrons. The van der Waals surface area contributed by atoms with Gasteiger partial charge < -0.3 is 4.74 Å². The van der Waals surface area contributed by atoms with Crippen LogP contribution in [0, 0.1) is 20.2 Å². The fourth-order valence-corrected chi connectivity index (χ4v) is 3.76. The molecule has 1 heterocycles. The molecule has 0 saturated heterocycles. The van der Waals surface area contributed by atoms with Gasteiger partial charge in [0, 0.05) is 29.3 Å². The second kappa shape index (κ2) is 9.65. The summed E-state index contributed by atoms with van der Waals surface area (Å²) >= 11 is 0.